The highest BCUT2D eigenvalue weighted by molar-refractivity contribution is 6.32. The molecule has 2 aromatic heterocycles. The van der Waals surface area contributed by atoms with E-state index in [0.717, 1.165) is 0 Å². The van der Waals surface area contributed by atoms with E-state index in [2.05, 4.69) is 15.1 Å². The molecule has 0 N–H and O–H groups in total. The van der Waals surface area contributed by atoms with E-state index in [1.165, 1.54) is 11.0 Å². The molecular weight excluding hydrogens is 211 g/mol. The van der Waals surface area contributed by atoms with Gasteiger partial charge in [0.1, 0.15) is 6.33 Å². The average Bonchev–Trinajstić information content (AvgIpc) is 2.53. The summed E-state index contributed by atoms with van der Waals surface area (Å²) >= 11 is 11.4. The summed E-state index contributed by atoms with van der Waals surface area (Å²) < 4.78 is 1.42. The molecule has 0 fully saturated rings. The zero-order valence-electron chi connectivity index (χ0n) is 6.35. The first-order valence-electron chi connectivity index (χ1n) is 3.45. The van der Waals surface area contributed by atoms with E-state index in [4.69, 9.17) is 23.2 Å². The van der Waals surface area contributed by atoms with Gasteiger partial charge < -0.3 is 0 Å². The van der Waals surface area contributed by atoms with Gasteiger partial charge in [-0.15, -0.1) is 5.10 Å². The predicted octanol–water partition coefficient (Wildman–Crippen LogP) is 1.97. The van der Waals surface area contributed by atoms with Crippen LogP contribution in [0.15, 0.2) is 24.7 Å². The number of nitrogens with zero attached hydrogens (tertiary/aromatic N) is 4. The van der Waals surface area contributed by atoms with Crippen molar-refractivity contribution in [1.82, 2.24) is 19.7 Å². The van der Waals surface area contributed by atoms with E-state index in [0.29, 0.717) is 10.8 Å². The van der Waals surface area contributed by atoms with Crippen LogP contribution in [-0.4, -0.2) is 19.7 Å². The molecule has 0 saturated heterocycles. The van der Waals surface area contributed by atoms with Gasteiger partial charge in [-0.05, 0) is 23.7 Å². The standard InChI is InChI=1S/C7H4Cl2N4/c8-5-2-1-3-10-6(5)13-4-11-7(9)12-13/h1-4H. The quantitative estimate of drug-likeness (QED) is 0.730. The summed E-state index contributed by atoms with van der Waals surface area (Å²) in [4.78, 5) is 7.78. The Morgan fingerprint density at radius 2 is 2.08 bits per heavy atom. The van der Waals surface area contributed by atoms with Crippen molar-refractivity contribution in [3.63, 3.8) is 0 Å². The van der Waals surface area contributed by atoms with Crippen molar-refractivity contribution in [3.05, 3.63) is 35.0 Å². The van der Waals surface area contributed by atoms with Crippen LogP contribution < -0.4 is 0 Å². The lowest BCUT2D eigenvalue weighted by atomic mass is 10.5. The highest BCUT2D eigenvalue weighted by Crippen LogP contribution is 2.15. The molecule has 0 saturated carbocycles. The van der Waals surface area contributed by atoms with E-state index >= 15 is 0 Å². The molecule has 0 radical (unpaired) electrons. The van der Waals surface area contributed by atoms with E-state index in [-0.39, 0.29) is 5.28 Å². The van der Waals surface area contributed by atoms with Crippen LogP contribution in [0.25, 0.3) is 5.82 Å². The zero-order chi connectivity index (χ0) is 9.26. The van der Waals surface area contributed by atoms with Crippen LogP contribution in [0.1, 0.15) is 0 Å². The molecule has 2 aromatic rings. The molecule has 0 amide bonds. The zero-order valence-corrected chi connectivity index (χ0v) is 7.87. The minimum absolute atomic E-state index is 0.168. The fourth-order valence-electron chi connectivity index (χ4n) is 0.891. The molecule has 0 aliphatic carbocycles. The summed E-state index contributed by atoms with van der Waals surface area (Å²) in [7, 11) is 0. The predicted molar refractivity (Wildman–Crippen MR) is 49.2 cm³/mol. The van der Waals surface area contributed by atoms with Crippen LogP contribution in [0.3, 0.4) is 0 Å². The fraction of sp³-hybridized carbons (Fsp3) is 0. The third kappa shape index (κ3) is 1.64. The minimum Gasteiger partial charge on any atom is -0.236 e. The number of hydrogen-bond acceptors (Lipinski definition) is 3. The topological polar surface area (TPSA) is 43.6 Å². The molecule has 13 heavy (non-hydrogen) atoms. The SMILES string of the molecule is Clc1ncn(-c2ncccc2Cl)n1. The summed E-state index contributed by atoms with van der Waals surface area (Å²) in [6, 6.07) is 3.46. The molecule has 0 aromatic carbocycles. The largest absolute Gasteiger partial charge is 0.242 e. The number of aromatic nitrogens is 4. The van der Waals surface area contributed by atoms with Crippen LogP contribution in [0.5, 0.6) is 0 Å². The third-order valence-corrected chi connectivity index (χ3v) is 1.89. The maximum atomic E-state index is 5.87. The Kier molecular flexibility index (Phi) is 2.16. The van der Waals surface area contributed by atoms with Gasteiger partial charge in [0, 0.05) is 6.20 Å². The van der Waals surface area contributed by atoms with Crippen LogP contribution in [-0.2, 0) is 0 Å². The molecule has 4 nitrogen and oxygen atoms in total. The van der Waals surface area contributed by atoms with E-state index in [1.54, 1.807) is 18.3 Å². The van der Waals surface area contributed by atoms with Gasteiger partial charge in [0.25, 0.3) is 0 Å². The normalized spacial score (nSPS) is 10.3. The summed E-state index contributed by atoms with van der Waals surface area (Å²) in [5.41, 5.74) is 0. The van der Waals surface area contributed by atoms with Crippen LogP contribution in [0.2, 0.25) is 10.3 Å². The summed E-state index contributed by atoms with van der Waals surface area (Å²) in [5.74, 6) is 0.517. The lowest BCUT2D eigenvalue weighted by Gasteiger charge is -1.99. The average molecular weight is 215 g/mol. The Morgan fingerprint density at radius 3 is 2.69 bits per heavy atom. The van der Waals surface area contributed by atoms with Crippen molar-refractivity contribution in [2.75, 3.05) is 0 Å². The number of pyridine rings is 1. The van der Waals surface area contributed by atoms with Gasteiger partial charge in [-0.2, -0.15) is 4.68 Å². The molecule has 0 aliphatic rings. The van der Waals surface area contributed by atoms with Gasteiger partial charge in [-0.1, -0.05) is 11.6 Å². The first-order valence-corrected chi connectivity index (χ1v) is 4.21. The van der Waals surface area contributed by atoms with Gasteiger partial charge in [0.15, 0.2) is 5.82 Å². The van der Waals surface area contributed by atoms with Crippen molar-refractivity contribution in [2.24, 2.45) is 0 Å². The van der Waals surface area contributed by atoms with Crippen LogP contribution >= 0.6 is 23.2 Å². The number of rotatable bonds is 1. The molecule has 0 unspecified atom stereocenters. The lowest BCUT2D eigenvalue weighted by molar-refractivity contribution is 0.846. The second kappa shape index (κ2) is 3.32. The maximum Gasteiger partial charge on any atom is 0.242 e. The highest BCUT2D eigenvalue weighted by atomic mass is 35.5. The molecule has 6 heteroatoms. The fourth-order valence-corrected chi connectivity index (χ4v) is 1.22. The second-order valence-electron chi connectivity index (χ2n) is 2.27. The third-order valence-electron chi connectivity index (χ3n) is 1.42. The molecule has 0 bridgehead atoms. The van der Waals surface area contributed by atoms with Gasteiger partial charge in [-0.25, -0.2) is 9.97 Å². The Morgan fingerprint density at radius 1 is 1.23 bits per heavy atom. The second-order valence-corrected chi connectivity index (χ2v) is 3.01. The Hall–Kier alpha value is -1.13. The Labute approximate surface area is 84.1 Å². The minimum atomic E-state index is 0.168. The van der Waals surface area contributed by atoms with Crippen molar-refractivity contribution >= 4 is 23.2 Å². The van der Waals surface area contributed by atoms with Gasteiger partial charge >= 0.3 is 0 Å². The first-order chi connectivity index (χ1) is 6.27. The van der Waals surface area contributed by atoms with Crippen molar-refractivity contribution in [1.29, 1.82) is 0 Å². The Bertz CT molecular complexity index is 426. The molecule has 2 heterocycles. The van der Waals surface area contributed by atoms with Gasteiger partial charge in [0.2, 0.25) is 5.28 Å². The van der Waals surface area contributed by atoms with E-state index < -0.39 is 0 Å². The molecule has 0 spiro atoms. The summed E-state index contributed by atoms with van der Waals surface area (Å²) in [5, 5.41) is 4.54. The first kappa shape index (κ1) is 8.47. The van der Waals surface area contributed by atoms with Crippen LogP contribution in [0.4, 0.5) is 0 Å². The van der Waals surface area contributed by atoms with E-state index in [1.807, 2.05) is 0 Å². The summed E-state index contributed by atoms with van der Waals surface area (Å²) in [6.45, 7) is 0. The smallest absolute Gasteiger partial charge is 0.236 e. The van der Waals surface area contributed by atoms with Crippen LogP contribution in [0, 0.1) is 0 Å². The molecule has 0 aliphatic heterocycles. The lowest BCUT2D eigenvalue weighted by Crippen LogP contribution is -1.98. The van der Waals surface area contributed by atoms with Gasteiger partial charge in [0.05, 0.1) is 5.02 Å². The van der Waals surface area contributed by atoms with Crippen molar-refractivity contribution in [3.8, 4) is 5.82 Å². The molecular formula is C7H4Cl2N4. The Balaban J connectivity index is 2.52. The van der Waals surface area contributed by atoms with Crippen molar-refractivity contribution in [2.45, 2.75) is 0 Å². The summed E-state index contributed by atoms with van der Waals surface area (Å²) in [6.07, 6.45) is 3.08. The van der Waals surface area contributed by atoms with E-state index in [9.17, 15) is 0 Å². The number of hydrogen-bond donors (Lipinski definition) is 0. The maximum absolute atomic E-state index is 5.87. The van der Waals surface area contributed by atoms with Gasteiger partial charge in [-0.3, -0.25) is 0 Å². The molecule has 66 valence electrons. The number of halogens is 2. The monoisotopic (exact) mass is 214 g/mol. The molecule has 0 atom stereocenters. The molecule has 2 rings (SSSR count). The highest BCUT2D eigenvalue weighted by Gasteiger charge is 2.04. The van der Waals surface area contributed by atoms with Crippen molar-refractivity contribution < 1.29 is 0 Å².